The summed E-state index contributed by atoms with van der Waals surface area (Å²) in [5, 5.41) is 0. The molecule has 154 valence electrons. The molecule has 0 fully saturated rings. The Balaban J connectivity index is 1.42. The van der Waals surface area contributed by atoms with Crippen molar-refractivity contribution in [3.63, 3.8) is 0 Å². The van der Waals surface area contributed by atoms with Crippen molar-refractivity contribution in [2.75, 3.05) is 23.9 Å². The largest absolute Gasteiger partial charge is 0.347 e. The molecule has 5 rings (SSSR count). The molecule has 1 unspecified atom stereocenters. The maximum absolute atomic E-state index is 2.49. The first-order valence-electron chi connectivity index (χ1n) is 11.0. The molecule has 2 heteroatoms. The van der Waals surface area contributed by atoms with E-state index in [2.05, 4.69) is 118 Å². The van der Waals surface area contributed by atoms with E-state index >= 15 is 0 Å². The maximum atomic E-state index is 2.49. The van der Waals surface area contributed by atoms with Crippen molar-refractivity contribution in [1.82, 2.24) is 0 Å². The third kappa shape index (κ3) is 2.62. The van der Waals surface area contributed by atoms with Gasteiger partial charge < -0.3 is 9.80 Å². The third-order valence-corrected chi connectivity index (χ3v) is 7.47. The van der Waals surface area contributed by atoms with E-state index < -0.39 is 0 Å². The van der Waals surface area contributed by atoms with E-state index in [1.807, 2.05) is 0 Å². The van der Waals surface area contributed by atoms with Crippen LogP contribution in [0.2, 0.25) is 0 Å². The lowest BCUT2D eigenvalue weighted by molar-refractivity contribution is 0.613. The van der Waals surface area contributed by atoms with E-state index in [1.54, 1.807) is 0 Å². The molecule has 0 spiro atoms. The van der Waals surface area contributed by atoms with Crippen LogP contribution >= 0.6 is 0 Å². The fourth-order valence-electron chi connectivity index (χ4n) is 5.67. The minimum absolute atomic E-state index is 0.0467. The van der Waals surface area contributed by atoms with Gasteiger partial charge in [-0.3, -0.25) is 0 Å². The van der Waals surface area contributed by atoms with E-state index in [9.17, 15) is 0 Å². The first-order chi connectivity index (χ1) is 14.2. The van der Waals surface area contributed by atoms with E-state index in [-0.39, 0.29) is 10.8 Å². The minimum atomic E-state index is 0.0467. The highest BCUT2D eigenvalue weighted by Crippen LogP contribution is 2.49. The van der Waals surface area contributed by atoms with Gasteiger partial charge in [-0.15, -0.1) is 0 Å². The fraction of sp³-hybridized carbons (Fsp3) is 0.357. The van der Waals surface area contributed by atoms with Gasteiger partial charge in [0.2, 0.25) is 0 Å². The molecule has 2 aliphatic heterocycles. The average molecular weight is 397 g/mol. The average Bonchev–Trinajstić information content (AvgIpc) is 3.01. The van der Waals surface area contributed by atoms with Crippen LogP contribution in [0.15, 0.2) is 83.7 Å². The molecule has 3 aliphatic rings. The number of allylic oxidation sites excluding steroid dienone is 6. The summed E-state index contributed by atoms with van der Waals surface area (Å²) in [6, 6.07) is 17.6. The van der Waals surface area contributed by atoms with Crippen LogP contribution in [0.3, 0.4) is 0 Å². The summed E-state index contributed by atoms with van der Waals surface area (Å²) in [7, 11) is 4.41. The number of fused-ring (bicyclic) bond motifs is 2. The number of rotatable bonds is 2. The van der Waals surface area contributed by atoms with Gasteiger partial charge in [-0.25, -0.2) is 0 Å². The van der Waals surface area contributed by atoms with Crippen LogP contribution < -0.4 is 9.80 Å². The SMILES string of the molecule is CN1C(=CC2=CC(C=C3N(C)c4ccccc4C3(C)C)C2)C(C)(C)c2ccccc21. The molecule has 0 aromatic heterocycles. The Labute approximate surface area is 181 Å². The highest BCUT2D eigenvalue weighted by atomic mass is 15.2. The third-order valence-electron chi connectivity index (χ3n) is 7.47. The van der Waals surface area contributed by atoms with Gasteiger partial charge >= 0.3 is 0 Å². The Morgan fingerprint density at radius 2 is 1.23 bits per heavy atom. The monoisotopic (exact) mass is 396 g/mol. The van der Waals surface area contributed by atoms with Crippen molar-refractivity contribution >= 4 is 11.4 Å². The molecule has 0 bridgehead atoms. The molecule has 1 atom stereocenters. The highest BCUT2D eigenvalue weighted by Gasteiger charge is 2.40. The summed E-state index contributed by atoms with van der Waals surface area (Å²) in [6.45, 7) is 9.37. The summed E-state index contributed by atoms with van der Waals surface area (Å²) in [4.78, 5) is 4.75. The normalized spacial score (nSPS) is 25.9. The predicted octanol–water partition coefficient (Wildman–Crippen LogP) is 6.56. The topological polar surface area (TPSA) is 6.48 Å². The lowest BCUT2D eigenvalue weighted by atomic mass is 9.78. The van der Waals surface area contributed by atoms with Gasteiger partial charge in [0, 0.05) is 53.6 Å². The molecule has 30 heavy (non-hydrogen) atoms. The molecular weight excluding hydrogens is 364 g/mol. The number of para-hydroxylation sites is 2. The van der Waals surface area contributed by atoms with Crippen molar-refractivity contribution < 1.29 is 0 Å². The van der Waals surface area contributed by atoms with Crippen molar-refractivity contribution in [2.45, 2.75) is 44.9 Å². The van der Waals surface area contributed by atoms with Crippen LogP contribution in [0.1, 0.15) is 45.2 Å². The van der Waals surface area contributed by atoms with Gasteiger partial charge in [0.05, 0.1) is 0 Å². The molecule has 1 aliphatic carbocycles. The summed E-state index contributed by atoms with van der Waals surface area (Å²) >= 11 is 0. The number of nitrogens with zero attached hydrogens (tertiary/aromatic N) is 2. The van der Waals surface area contributed by atoms with E-state index in [1.165, 1.54) is 39.5 Å². The number of hydrogen-bond acceptors (Lipinski definition) is 2. The number of benzene rings is 2. The molecule has 0 saturated carbocycles. The summed E-state index contributed by atoms with van der Waals surface area (Å²) in [5.41, 5.74) is 9.89. The second-order valence-electron chi connectivity index (χ2n) is 10.1. The zero-order chi connectivity index (χ0) is 21.3. The van der Waals surface area contributed by atoms with Crippen molar-refractivity contribution in [2.24, 2.45) is 5.92 Å². The summed E-state index contributed by atoms with van der Waals surface area (Å²) in [6.07, 6.45) is 8.47. The minimum Gasteiger partial charge on any atom is -0.347 e. The molecule has 0 amide bonds. The highest BCUT2D eigenvalue weighted by molar-refractivity contribution is 5.71. The molecule has 2 nitrogen and oxygen atoms in total. The van der Waals surface area contributed by atoms with Gasteiger partial charge in [-0.05, 0) is 41.3 Å². The van der Waals surface area contributed by atoms with Crippen LogP contribution in [-0.4, -0.2) is 14.1 Å². The Hall–Kier alpha value is -2.74. The van der Waals surface area contributed by atoms with Crippen molar-refractivity contribution in [3.8, 4) is 0 Å². The molecule has 2 aromatic carbocycles. The van der Waals surface area contributed by atoms with Crippen LogP contribution in [-0.2, 0) is 10.8 Å². The standard InChI is InChI=1S/C28H32N2/c1-27(2)21-11-7-9-13-23(21)29(5)25(27)17-19-15-20(16-19)18-26-28(3,4)22-12-8-10-14-24(22)30(26)6/h7-15,17-19H,16H2,1-6H3. The van der Waals surface area contributed by atoms with Gasteiger partial charge in [0.15, 0.2) is 0 Å². The molecule has 0 saturated heterocycles. The smallest absolute Gasteiger partial charge is 0.0447 e. The van der Waals surface area contributed by atoms with Gasteiger partial charge in [0.1, 0.15) is 0 Å². The van der Waals surface area contributed by atoms with Crippen LogP contribution in [0.4, 0.5) is 11.4 Å². The fourth-order valence-corrected chi connectivity index (χ4v) is 5.67. The Morgan fingerprint density at radius 1 is 0.767 bits per heavy atom. The number of anilines is 2. The Morgan fingerprint density at radius 3 is 1.77 bits per heavy atom. The molecular formula is C28H32N2. The summed E-state index contributed by atoms with van der Waals surface area (Å²) in [5.74, 6) is 0.514. The Bertz CT molecular complexity index is 1110. The van der Waals surface area contributed by atoms with Crippen molar-refractivity contribution in [3.05, 3.63) is 94.9 Å². The van der Waals surface area contributed by atoms with E-state index in [0.717, 1.165) is 6.42 Å². The Kier molecular flexibility index (Phi) is 4.09. The molecule has 2 aromatic rings. The molecule has 2 heterocycles. The van der Waals surface area contributed by atoms with Gasteiger partial charge in [0.25, 0.3) is 0 Å². The van der Waals surface area contributed by atoms with Gasteiger partial charge in [-0.1, -0.05) is 76.2 Å². The van der Waals surface area contributed by atoms with E-state index in [4.69, 9.17) is 0 Å². The molecule has 0 N–H and O–H groups in total. The second-order valence-corrected chi connectivity index (χ2v) is 10.1. The number of hydrogen-bond donors (Lipinski definition) is 0. The quantitative estimate of drug-likeness (QED) is 0.567. The molecule has 0 radical (unpaired) electrons. The zero-order valence-electron chi connectivity index (χ0n) is 19.0. The predicted molar refractivity (Wildman–Crippen MR) is 128 cm³/mol. The summed E-state index contributed by atoms with van der Waals surface area (Å²) < 4.78 is 0. The van der Waals surface area contributed by atoms with Crippen LogP contribution in [0.25, 0.3) is 0 Å². The number of likely N-dealkylation sites (N-methyl/N-ethyl adjacent to an activating group) is 2. The first kappa shape index (κ1) is 19.2. The first-order valence-corrected chi connectivity index (χ1v) is 11.0. The second kappa shape index (κ2) is 6.38. The maximum Gasteiger partial charge on any atom is 0.0447 e. The lowest BCUT2D eigenvalue weighted by Crippen LogP contribution is -2.25. The van der Waals surface area contributed by atoms with E-state index in [0.29, 0.717) is 5.92 Å². The van der Waals surface area contributed by atoms with Crippen LogP contribution in [0, 0.1) is 5.92 Å². The zero-order valence-corrected chi connectivity index (χ0v) is 19.0. The van der Waals surface area contributed by atoms with Crippen LogP contribution in [0.5, 0.6) is 0 Å². The lowest BCUT2D eigenvalue weighted by Gasteiger charge is -2.30. The van der Waals surface area contributed by atoms with Gasteiger partial charge in [-0.2, -0.15) is 0 Å². The van der Waals surface area contributed by atoms with Crippen molar-refractivity contribution in [1.29, 1.82) is 0 Å².